The van der Waals surface area contributed by atoms with Crippen molar-refractivity contribution in [3.05, 3.63) is 33.8 Å². The summed E-state index contributed by atoms with van der Waals surface area (Å²) in [6, 6.07) is 5.69. The highest BCUT2D eigenvalue weighted by atomic mass is 79.9. The average molecular weight is 272 g/mol. The fourth-order valence-corrected chi connectivity index (χ4v) is 1.76. The molecule has 0 saturated carbocycles. The lowest BCUT2D eigenvalue weighted by Gasteiger charge is -2.09. The number of hydrogen-bond donors (Lipinski definition) is 2. The van der Waals surface area contributed by atoms with Crippen LogP contribution in [0.5, 0.6) is 0 Å². The number of carboxylic acid groups (broad SMARTS) is 1. The van der Waals surface area contributed by atoms with Gasteiger partial charge < -0.3 is 10.4 Å². The largest absolute Gasteiger partial charge is 0.478 e. The third-order valence-corrected chi connectivity index (χ3v) is 2.63. The van der Waals surface area contributed by atoms with Crippen molar-refractivity contribution in [2.75, 3.05) is 0 Å². The van der Waals surface area contributed by atoms with Crippen LogP contribution in [0.15, 0.2) is 22.7 Å². The molecule has 0 amide bonds. The maximum Gasteiger partial charge on any atom is 0.336 e. The molecule has 0 aliphatic rings. The van der Waals surface area contributed by atoms with Crippen LogP contribution in [0.1, 0.15) is 29.8 Å². The molecule has 0 saturated heterocycles. The highest BCUT2D eigenvalue weighted by Gasteiger charge is 2.08. The number of halogens is 1. The van der Waals surface area contributed by atoms with E-state index in [1.165, 1.54) is 0 Å². The summed E-state index contributed by atoms with van der Waals surface area (Å²) in [6.07, 6.45) is 0. The Balaban J connectivity index is 2.78. The van der Waals surface area contributed by atoms with Gasteiger partial charge in [0.15, 0.2) is 0 Å². The van der Waals surface area contributed by atoms with Gasteiger partial charge in [0.1, 0.15) is 0 Å². The maximum absolute atomic E-state index is 10.8. The summed E-state index contributed by atoms with van der Waals surface area (Å²) in [6.45, 7) is 4.89. The molecule has 0 heterocycles. The molecule has 82 valence electrons. The average Bonchev–Trinajstić information content (AvgIpc) is 2.14. The van der Waals surface area contributed by atoms with Crippen LogP contribution >= 0.6 is 15.9 Å². The van der Waals surface area contributed by atoms with Gasteiger partial charge in [-0.3, -0.25) is 0 Å². The zero-order chi connectivity index (χ0) is 11.4. The van der Waals surface area contributed by atoms with E-state index in [1.807, 2.05) is 12.1 Å². The predicted octanol–water partition coefficient (Wildman–Crippen LogP) is 2.65. The summed E-state index contributed by atoms with van der Waals surface area (Å²) in [4.78, 5) is 10.8. The van der Waals surface area contributed by atoms with Crippen LogP contribution in [0, 0.1) is 0 Å². The van der Waals surface area contributed by atoms with Gasteiger partial charge in [-0.2, -0.15) is 0 Å². The molecule has 0 aliphatic carbocycles. The minimum atomic E-state index is -0.912. The minimum absolute atomic E-state index is 0.295. The summed E-state index contributed by atoms with van der Waals surface area (Å²) in [7, 11) is 0. The van der Waals surface area contributed by atoms with E-state index < -0.39 is 5.97 Å². The Hall–Kier alpha value is -0.870. The molecule has 4 heteroatoms. The molecule has 0 unspecified atom stereocenters. The van der Waals surface area contributed by atoms with E-state index in [1.54, 1.807) is 6.07 Å². The molecule has 1 aromatic rings. The summed E-state index contributed by atoms with van der Waals surface area (Å²) >= 11 is 3.25. The number of carboxylic acids is 1. The predicted molar refractivity (Wildman–Crippen MR) is 63.1 cm³/mol. The Morgan fingerprint density at radius 2 is 2.20 bits per heavy atom. The van der Waals surface area contributed by atoms with Crippen molar-refractivity contribution in [1.29, 1.82) is 0 Å². The summed E-state index contributed by atoms with van der Waals surface area (Å²) < 4.78 is 0.623. The van der Waals surface area contributed by atoms with Crippen molar-refractivity contribution in [1.82, 2.24) is 5.32 Å². The molecule has 1 rings (SSSR count). The Bertz CT molecular complexity index is 364. The van der Waals surface area contributed by atoms with Crippen LogP contribution in [-0.2, 0) is 6.54 Å². The molecule has 0 bridgehead atoms. The number of nitrogens with one attached hydrogen (secondary N) is 1. The monoisotopic (exact) mass is 271 g/mol. The highest BCUT2D eigenvalue weighted by Crippen LogP contribution is 2.18. The van der Waals surface area contributed by atoms with Crippen molar-refractivity contribution in [2.24, 2.45) is 0 Å². The smallest absolute Gasteiger partial charge is 0.336 e. The SMILES string of the molecule is CC(C)NCc1ccc(C(=O)O)c(Br)c1. The fourth-order valence-electron chi connectivity index (χ4n) is 1.16. The molecule has 0 spiro atoms. The van der Waals surface area contributed by atoms with Crippen LogP contribution in [0.4, 0.5) is 0 Å². The van der Waals surface area contributed by atoms with Crippen LogP contribution < -0.4 is 5.32 Å². The molecule has 0 atom stereocenters. The van der Waals surface area contributed by atoms with Gasteiger partial charge in [0.2, 0.25) is 0 Å². The molecular formula is C11H14BrNO2. The van der Waals surface area contributed by atoms with Gasteiger partial charge in [-0.05, 0) is 33.6 Å². The van der Waals surface area contributed by atoms with E-state index in [9.17, 15) is 4.79 Å². The zero-order valence-corrected chi connectivity index (χ0v) is 10.3. The first-order chi connectivity index (χ1) is 7.00. The van der Waals surface area contributed by atoms with Crippen molar-refractivity contribution in [2.45, 2.75) is 26.4 Å². The van der Waals surface area contributed by atoms with Crippen molar-refractivity contribution < 1.29 is 9.90 Å². The topological polar surface area (TPSA) is 49.3 Å². The highest BCUT2D eigenvalue weighted by molar-refractivity contribution is 9.10. The molecule has 0 radical (unpaired) electrons. The quantitative estimate of drug-likeness (QED) is 0.885. The Morgan fingerprint density at radius 3 is 2.67 bits per heavy atom. The molecule has 2 N–H and O–H groups in total. The maximum atomic E-state index is 10.8. The van der Waals surface area contributed by atoms with E-state index in [-0.39, 0.29) is 0 Å². The fraction of sp³-hybridized carbons (Fsp3) is 0.364. The van der Waals surface area contributed by atoms with Gasteiger partial charge in [0, 0.05) is 17.1 Å². The standard InChI is InChI=1S/C11H14BrNO2/c1-7(2)13-6-8-3-4-9(11(14)15)10(12)5-8/h3-5,7,13H,6H2,1-2H3,(H,14,15). The Morgan fingerprint density at radius 1 is 1.53 bits per heavy atom. The van der Waals surface area contributed by atoms with E-state index >= 15 is 0 Å². The number of benzene rings is 1. The van der Waals surface area contributed by atoms with E-state index in [2.05, 4.69) is 35.1 Å². The second kappa shape index (κ2) is 5.28. The first-order valence-electron chi connectivity index (χ1n) is 4.76. The van der Waals surface area contributed by atoms with Gasteiger partial charge in [-0.15, -0.1) is 0 Å². The molecular weight excluding hydrogens is 258 g/mol. The van der Waals surface area contributed by atoms with Crippen LogP contribution in [-0.4, -0.2) is 17.1 Å². The normalized spacial score (nSPS) is 10.7. The lowest BCUT2D eigenvalue weighted by atomic mass is 10.1. The molecule has 0 aliphatic heterocycles. The first kappa shape index (κ1) is 12.2. The van der Waals surface area contributed by atoms with E-state index in [4.69, 9.17) is 5.11 Å². The minimum Gasteiger partial charge on any atom is -0.478 e. The lowest BCUT2D eigenvalue weighted by Crippen LogP contribution is -2.21. The van der Waals surface area contributed by atoms with Gasteiger partial charge in [0.05, 0.1) is 5.56 Å². The van der Waals surface area contributed by atoms with Crippen molar-refractivity contribution in [3.8, 4) is 0 Å². The number of carbonyl (C=O) groups is 1. The van der Waals surface area contributed by atoms with Gasteiger partial charge in [0.25, 0.3) is 0 Å². The summed E-state index contributed by atoms with van der Waals surface area (Å²) in [5.74, 6) is -0.912. The summed E-state index contributed by atoms with van der Waals surface area (Å²) in [5.41, 5.74) is 1.36. The van der Waals surface area contributed by atoms with E-state index in [0.29, 0.717) is 16.1 Å². The zero-order valence-electron chi connectivity index (χ0n) is 8.75. The third-order valence-electron chi connectivity index (χ3n) is 1.98. The van der Waals surface area contributed by atoms with Gasteiger partial charge >= 0.3 is 5.97 Å². The molecule has 0 fully saturated rings. The Kier molecular flexibility index (Phi) is 4.29. The second-order valence-electron chi connectivity index (χ2n) is 3.65. The van der Waals surface area contributed by atoms with Gasteiger partial charge in [-0.1, -0.05) is 19.9 Å². The number of aromatic carboxylic acids is 1. The first-order valence-corrected chi connectivity index (χ1v) is 5.55. The molecule has 3 nitrogen and oxygen atoms in total. The van der Waals surface area contributed by atoms with E-state index in [0.717, 1.165) is 12.1 Å². The van der Waals surface area contributed by atoms with Crippen LogP contribution in [0.25, 0.3) is 0 Å². The van der Waals surface area contributed by atoms with Crippen molar-refractivity contribution >= 4 is 21.9 Å². The van der Waals surface area contributed by atoms with Crippen LogP contribution in [0.3, 0.4) is 0 Å². The van der Waals surface area contributed by atoms with Crippen LogP contribution in [0.2, 0.25) is 0 Å². The Labute approximate surface area is 97.6 Å². The van der Waals surface area contributed by atoms with Crippen molar-refractivity contribution in [3.63, 3.8) is 0 Å². The summed E-state index contributed by atoms with van der Waals surface area (Å²) in [5, 5.41) is 12.1. The van der Waals surface area contributed by atoms with Gasteiger partial charge in [-0.25, -0.2) is 4.79 Å². The number of rotatable bonds is 4. The second-order valence-corrected chi connectivity index (χ2v) is 4.51. The third kappa shape index (κ3) is 3.64. The molecule has 1 aromatic carbocycles. The molecule has 0 aromatic heterocycles. The number of hydrogen-bond acceptors (Lipinski definition) is 2. The lowest BCUT2D eigenvalue weighted by molar-refractivity contribution is 0.0696. The molecule has 15 heavy (non-hydrogen) atoms.